The van der Waals surface area contributed by atoms with Crippen LogP contribution in [0.4, 0.5) is 10.6 Å². The van der Waals surface area contributed by atoms with Crippen molar-refractivity contribution in [2.45, 2.75) is 13.3 Å². The number of urea groups is 1. The van der Waals surface area contributed by atoms with Crippen molar-refractivity contribution in [1.29, 1.82) is 0 Å². The SMILES string of the molecule is Cc1ccc(OCCOc2ccc3c(N4CCC(=O)NC4=O)noc3c2)cc1. The Labute approximate surface area is 161 Å². The fraction of sp³-hybridized carbons (Fsp3) is 0.250. The zero-order valence-electron chi connectivity index (χ0n) is 15.3. The molecule has 0 spiro atoms. The van der Waals surface area contributed by atoms with Crippen LogP contribution in [0.3, 0.4) is 0 Å². The van der Waals surface area contributed by atoms with Crippen molar-refractivity contribution < 1.29 is 23.6 Å². The Balaban J connectivity index is 1.38. The molecule has 0 atom stereocenters. The Hall–Kier alpha value is -3.55. The van der Waals surface area contributed by atoms with E-state index < -0.39 is 6.03 Å². The quantitative estimate of drug-likeness (QED) is 0.660. The first kappa shape index (κ1) is 17.8. The highest BCUT2D eigenvalue weighted by Gasteiger charge is 2.28. The van der Waals surface area contributed by atoms with Crippen molar-refractivity contribution in [1.82, 2.24) is 10.5 Å². The van der Waals surface area contributed by atoms with Gasteiger partial charge >= 0.3 is 6.03 Å². The minimum Gasteiger partial charge on any atom is -0.490 e. The molecule has 3 aromatic rings. The lowest BCUT2D eigenvalue weighted by atomic mass is 10.2. The highest BCUT2D eigenvalue weighted by Crippen LogP contribution is 2.30. The molecule has 1 aliphatic rings. The fourth-order valence-corrected chi connectivity index (χ4v) is 2.91. The number of carbonyl (C=O) groups is 2. The summed E-state index contributed by atoms with van der Waals surface area (Å²) >= 11 is 0. The number of ether oxygens (including phenoxy) is 2. The van der Waals surface area contributed by atoms with Crippen molar-refractivity contribution >= 4 is 28.7 Å². The Kier molecular flexibility index (Phi) is 4.84. The minimum atomic E-state index is -0.500. The number of amides is 3. The summed E-state index contributed by atoms with van der Waals surface area (Å²) < 4.78 is 16.7. The first-order valence-corrected chi connectivity index (χ1v) is 8.93. The molecule has 8 heteroatoms. The van der Waals surface area contributed by atoms with E-state index in [2.05, 4.69) is 10.5 Å². The highest BCUT2D eigenvalue weighted by atomic mass is 16.5. The van der Waals surface area contributed by atoms with Gasteiger partial charge in [0.15, 0.2) is 11.4 Å². The number of nitrogens with zero attached hydrogens (tertiary/aromatic N) is 2. The number of aryl methyl sites for hydroxylation is 1. The Bertz CT molecular complexity index is 1010. The van der Waals surface area contributed by atoms with Gasteiger partial charge in [0.05, 0.1) is 5.39 Å². The van der Waals surface area contributed by atoms with Crippen molar-refractivity contribution in [3.63, 3.8) is 0 Å². The van der Waals surface area contributed by atoms with Gasteiger partial charge in [0, 0.05) is 19.0 Å². The number of nitrogens with one attached hydrogen (secondary N) is 1. The van der Waals surface area contributed by atoms with E-state index >= 15 is 0 Å². The summed E-state index contributed by atoms with van der Waals surface area (Å²) in [6.07, 6.45) is 0.224. The van der Waals surface area contributed by atoms with Crippen LogP contribution in [-0.4, -0.2) is 36.9 Å². The molecule has 0 bridgehead atoms. The molecule has 2 aromatic carbocycles. The third kappa shape index (κ3) is 3.75. The second-order valence-electron chi connectivity index (χ2n) is 6.43. The molecule has 1 fully saturated rings. The summed E-state index contributed by atoms with van der Waals surface area (Å²) in [7, 11) is 0. The second kappa shape index (κ2) is 7.59. The number of anilines is 1. The number of rotatable bonds is 6. The molecule has 1 N–H and O–H groups in total. The van der Waals surface area contributed by atoms with E-state index in [1.807, 2.05) is 31.2 Å². The van der Waals surface area contributed by atoms with Gasteiger partial charge < -0.3 is 14.0 Å². The van der Waals surface area contributed by atoms with Gasteiger partial charge in [-0.2, -0.15) is 0 Å². The maximum atomic E-state index is 12.0. The van der Waals surface area contributed by atoms with Gasteiger partial charge in [-0.05, 0) is 31.2 Å². The second-order valence-corrected chi connectivity index (χ2v) is 6.43. The maximum absolute atomic E-state index is 12.0. The van der Waals surface area contributed by atoms with E-state index in [0.717, 1.165) is 5.75 Å². The van der Waals surface area contributed by atoms with Gasteiger partial charge in [-0.15, -0.1) is 0 Å². The van der Waals surface area contributed by atoms with Crippen molar-refractivity contribution in [3.05, 3.63) is 48.0 Å². The number of benzene rings is 2. The number of hydrogen-bond acceptors (Lipinski definition) is 6. The summed E-state index contributed by atoms with van der Waals surface area (Å²) in [6, 6.07) is 12.6. The zero-order chi connectivity index (χ0) is 19.5. The van der Waals surface area contributed by atoms with E-state index in [-0.39, 0.29) is 18.9 Å². The summed E-state index contributed by atoms with van der Waals surface area (Å²) in [5.74, 6) is 1.50. The average molecular weight is 381 g/mol. The molecule has 144 valence electrons. The highest BCUT2D eigenvalue weighted by molar-refractivity contribution is 6.08. The van der Waals surface area contributed by atoms with Crippen LogP contribution >= 0.6 is 0 Å². The van der Waals surface area contributed by atoms with Crippen LogP contribution < -0.4 is 19.7 Å². The molecule has 1 aliphatic heterocycles. The third-order valence-corrected chi connectivity index (χ3v) is 4.38. The summed E-state index contributed by atoms with van der Waals surface area (Å²) in [5, 5.41) is 6.92. The third-order valence-electron chi connectivity index (χ3n) is 4.38. The molecular formula is C20H19N3O5. The van der Waals surface area contributed by atoms with Crippen LogP contribution in [0.5, 0.6) is 11.5 Å². The van der Waals surface area contributed by atoms with E-state index in [1.165, 1.54) is 10.5 Å². The van der Waals surface area contributed by atoms with Gasteiger partial charge in [-0.3, -0.25) is 15.0 Å². The monoisotopic (exact) mass is 381 g/mol. The van der Waals surface area contributed by atoms with E-state index in [4.69, 9.17) is 14.0 Å². The van der Waals surface area contributed by atoms with Gasteiger partial charge in [0.1, 0.15) is 24.7 Å². The molecule has 0 radical (unpaired) electrons. The lowest BCUT2D eigenvalue weighted by Crippen LogP contribution is -2.49. The smallest absolute Gasteiger partial charge is 0.329 e. The average Bonchev–Trinajstić information content (AvgIpc) is 3.10. The van der Waals surface area contributed by atoms with Gasteiger partial charge in [-0.1, -0.05) is 22.9 Å². The summed E-state index contributed by atoms with van der Waals surface area (Å²) in [6.45, 7) is 3.07. The molecule has 0 unspecified atom stereocenters. The minimum absolute atomic E-state index is 0.224. The zero-order valence-corrected chi connectivity index (χ0v) is 15.3. The van der Waals surface area contributed by atoms with Crippen LogP contribution in [0.15, 0.2) is 47.0 Å². The Morgan fingerprint density at radius 2 is 1.79 bits per heavy atom. The van der Waals surface area contributed by atoms with Gasteiger partial charge in [-0.25, -0.2) is 4.79 Å². The predicted molar refractivity (Wildman–Crippen MR) is 102 cm³/mol. The van der Waals surface area contributed by atoms with E-state index in [0.29, 0.717) is 35.8 Å². The topological polar surface area (TPSA) is 93.9 Å². The molecule has 3 amide bonds. The van der Waals surface area contributed by atoms with Crippen LogP contribution in [-0.2, 0) is 4.79 Å². The van der Waals surface area contributed by atoms with Crippen molar-refractivity contribution in [2.24, 2.45) is 0 Å². The standard InChI is InChI=1S/C20H19N3O5/c1-13-2-4-14(5-3-13)26-10-11-27-15-6-7-16-17(12-15)28-22-19(16)23-9-8-18(24)21-20(23)25/h2-7,12H,8-11H2,1H3,(H,21,24,25). The fourth-order valence-electron chi connectivity index (χ4n) is 2.91. The Morgan fingerprint density at radius 1 is 1.07 bits per heavy atom. The van der Waals surface area contributed by atoms with E-state index in [9.17, 15) is 9.59 Å². The molecule has 8 nitrogen and oxygen atoms in total. The van der Waals surface area contributed by atoms with Crippen molar-refractivity contribution in [3.8, 4) is 11.5 Å². The molecule has 1 saturated heterocycles. The molecule has 1 aromatic heterocycles. The predicted octanol–water partition coefficient (Wildman–Crippen LogP) is 3.04. The summed E-state index contributed by atoms with van der Waals surface area (Å²) in [4.78, 5) is 24.7. The number of imide groups is 1. The lowest BCUT2D eigenvalue weighted by Gasteiger charge is -2.24. The molecular weight excluding hydrogens is 362 g/mol. The molecule has 4 rings (SSSR count). The van der Waals surface area contributed by atoms with Gasteiger partial charge in [0.25, 0.3) is 0 Å². The number of hydrogen-bond donors (Lipinski definition) is 1. The molecule has 0 saturated carbocycles. The normalized spacial score (nSPS) is 14.2. The number of aromatic nitrogens is 1. The number of carbonyl (C=O) groups excluding carboxylic acids is 2. The van der Waals surface area contributed by atoms with Crippen LogP contribution in [0.25, 0.3) is 11.0 Å². The molecule has 28 heavy (non-hydrogen) atoms. The first-order chi connectivity index (χ1) is 13.6. The first-order valence-electron chi connectivity index (χ1n) is 8.93. The largest absolute Gasteiger partial charge is 0.490 e. The van der Waals surface area contributed by atoms with Gasteiger partial charge in [0.2, 0.25) is 5.91 Å². The number of fused-ring (bicyclic) bond motifs is 1. The maximum Gasteiger partial charge on any atom is 0.329 e. The summed E-state index contributed by atoms with van der Waals surface area (Å²) in [5.41, 5.74) is 1.67. The Morgan fingerprint density at radius 3 is 2.54 bits per heavy atom. The molecule has 0 aliphatic carbocycles. The van der Waals surface area contributed by atoms with Crippen LogP contribution in [0, 0.1) is 6.92 Å². The van der Waals surface area contributed by atoms with Crippen LogP contribution in [0.1, 0.15) is 12.0 Å². The van der Waals surface area contributed by atoms with Crippen LogP contribution in [0.2, 0.25) is 0 Å². The molecule has 2 heterocycles. The lowest BCUT2D eigenvalue weighted by molar-refractivity contribution is -0.120. The van der Waals surface area contributed by atoms with Crippen molar-refractivity contribution in [2.75, 3.05) is 24.7 Å². The van der Waals surface area contributed by atoms with E-state index in [1.54, 1.807) is 18.2 Å².